The summed E-state index contributed by atoms with van der Waals surface area (Å²) in [6, 6.07) is 5.01. The van der Waals surface area contributed by atoms with E-state index in [1.54, 1.807) is 10.5 Å². The average molecular weight is 291 g/mol. The number of halogens is 2. The zero-order chi connectivity index (χ0) is 14.4. The molecule has 0 saturated carbocycles. The van der Waals surface area contributed by atoms with Crippen LogP contribution < -0.4 is 0 Å². The summed E-state index contributed by atoms with van der Waals surface area (Å²) in [5, 5.41) is 8.34. The van der Waals surface area contributed by atoms with Gasteiger partial charge in [0.15, 0.2) is 16.6 Å². The fraction of sp³-hybridized carbons (Fsp3) is 0.214. The first-order valence-corrected chi connectivity index (χ1v) is 6.51. The van der Waals surface area contributed by atoms with E-state index in [4.69, 9.17) is 11.6 Å². The average Bonchev–Trinajstić information content (AvgIpc) is 2.81. The molecule has 2 aromatic heterocycles. The minimum atomic E-state index is -0.329. The third kappa shape index (κ3) is 1.86. The van der Waals surface area contributed by atoms with Crippen LogP contribution in [0.5, 0.6) is 0 Å². The van der Waals surface area contributed by atoms with Crippen LogP contribution in [0.3, 0.4) is 0 Å². The molecular formula is C14H12ClFN4. The molecule has 0 unspecified atom stereocenters. The van der Waals surface area contributed by atoms with Crippen LogP contribution in [0.2, 0.25) is 5.15 Å². The van der Waals surface area contributed by atoms with Crippen molar-refractivity contribution in [2.45, 2.75) is 20.8 Å². The summed E-state index contributed by atoms with van der Waals surface area (Å²) < 4.78 is 15.9. The number of fused-ring (bicyclic) bond motifs is 1. The summed E-state index contributed by atoms with van der Waals surface area (Å²) in [6.07, 6.45) is 0. The molecule has 0 fully saturated rings. The molecule has 0 radical (unpaired) electrons. The Morgan fingerprint density at radius 2 is 1.90 bits per heavy atom. The molecule has 0 bridgehead atoms. The SMILES string of the molecule is Cc1ccc(-c2nnc3c(Cl)nc(C)c(C)n23)c(F)c1. The Morgan fingerprint density at radius 1 is 1.15 bits per heavy atom. The molecule has 20 heavy (non-hydrogen) atoms. The molecule has 0 aliphatic carbocycles. The number of rotatable bonds is 1. The van der Waals surface area contributed by atoms with E-state index in [2.05, 4.69) is 15.2 Å². The number of hydrogen-bond donors (Lipinski definition) is 0. The first-order chi connectivity index (χ1) is 9.49. The molecule has 0 aliphatic rings. The Labute approximate surface area is 120 Å². The summed E-state index contributed by atoms with van der Waals surface area (Å²) >= 11 is 6.07. The van der Waals surface area contributed by atoms with Gasteiger partial charge in [-0.3, -0.25) is 4.40 Å². The van der Waals surface area contributed by atoms with Crippen molar-refractivity contribution in [3.8, 4) is 11.4 Å². The van der Waals surface area contributed by atoms with Gasteiger partial charge in [-0.05, 0) is 38.5 Å². The van der Waals surface area contributed by atoms with Gasteiger partial charge >= 0.3 is 0 Å². The van der Waals surface area contributed by atoms with Crippen LogP contribution in [0, 0.1) is 26.6 Å². The standard InChI is InChI=1S/C14H12ClFN4/c1-7-4-5-10(11(16)6-7)13-18-19-14-12(15)17-8(2)9(3)20(13)14/h4-6H,1-3H3. The summed E-state index contributed by atoms with van der Waals surface area (Å²) in [7, 11) is 0. The highest BCUT2D eigenvalue weighted by atomic mass is 35.5. The number of hydrogen-bond acceptors (Lipinski definition) is 3. The van der Waals surface area contributed by atoms with Crippen LogP contribution in [0.15, 0.2) is 18.2 Å². The van der Waals surface area contributed by atoms with Gasteiger partial charge in [-0.1, -0.05) is 17.7 Å². The summed E-state index contributed by atoms with van der Waals surface area (Å²) in [5.74, 6) is 0.103. The van der Waals surface area contributed by atoms with E-state index in [0.29, 0.717) is 17.0 Å². The van der Waals surface area contributed by atoms with Gasteiger partial charge in [-0.15, -0.1) is 10.2 Å². The van der Waals surface area contributed by atoms with E-state index < -0.39 is 0 Å². The fourth-order valence-corrected chi connectivity index (χ4v) is 2.40. The maximum absolute atomic E-state index is 14.1. The van der Waals surface area contributed by atoms with Crippen molar-refractivity contribution in [1.29, 1.82) is 0 Å². The van der Waals surface area contributed by atoms with E-state index >= 15 is 0 Å². The zero-order valence-corrected chi connectivity index (χ0v) is 12.0. The van der Waals surface area contributed by atoms with Crippen molar-refractivity contribution < 1.29 is 4.39 Å². The molecule has 3 rings (SSSR count). The molecule has 0 N–H and O–H groups in total. The lowest BCUT2D eigenvalue weighted by Gasteiger charge is -2.08. The molecule has 0 atom stereocenters. The van der Waals surface area contributed by atoms with Crippen molar-refractivity contribution in [1.82, 2.24) is 19.6 Å². The van der Waals surface area contributed by atoms with Crippen molar-refractivity contribution in [2.75, 3.05) is 0 Å². The molecule has 0 spiro atoms. The fourth-order valence-electron chi connectivity index (χ4n) is 2.15. The Morgan fingerprint density at radius 3 is 2.60 bits per heavy atom. The monoisotopic (exact) mass is 290 g/mol. The molecule has 1 aromatic carbocycles. The van der Waals surface area contributed by atoms with Gasteiger partial charge in [0.1, 0.15) is 5.82 Å². The second kappa shape index (κ2) is 4.52. The Hall–Kier alpha value is -2.01. The van der Waals surface area contributed by atoms with E-state index in [-0.39, 0.29) is 11.0 Å². The highest BCUT2D eigenvalue weighted by Crippen LogP contribution is 2.26. The Kier molecular flexibility index (Phi) is 2.94. The smallest absolute Gasteiger partial charge is 0.199 e. The first-order valence-electron chi connectivity index (χ1n) is 6.13. The largest absolute Gasteiger partial charge is 0.275 e. The second-order valence-corrected chi connectivity index (χ2v) is 5.10. The topological polar surface area (TPSA) is 43.1 Å². The molecule has 4 nitrogen and oxygen atoms in total. The van der Waals surface area contributed by atoms with Gasteiger partial charge in [-0.2, -0.15) is 0 Å². The molecule has 0 amide bonds. The third-order valence-electron chi connectivity index (χ3n) is 3.34. The lowest BCUT2D eigenvalue weighted by Crippen LogP contribution is -2.01. The predicted molar refractivity (Wildman–Crippen MR) is 75.4 cm³/mol. The van der Waals surface area contributed by atoms with Crippen molar-refractivity contribution in [3.63, 3.8) is 0 Å². The Bertz CT molecular complexity index is 826. The molecule has 0 saturated heterocycles. The van der Waals surface area contributed by atoms with Crippen LogP contribution in [-0.4, -0.2) is 19.6 Å². The first kappa shape index (κ1) is 13.0. The molecule has 6 heteroatoms. The summed E-state index contributed by atoms with van der Waals surface area (Å²) in [4.78, 5) is 4.19. The van der Waals surface area contributed by atoms with Gasteiger partial charge in [0.05, 0.1) is 11.3 Å². The van der Waals surface area contributed by atoms with Crippen LogP contribution in [0.4, 0.5) is 4.39 Å². The minimum absolute atomic E-state index is 0.263. The molecule has 2 heterocycles. The van der Waals surface area contributed by atoms with E-state index in [1.165, 1.54) is 6.07 Å². The van der Waals surface area contributed by atoms with E-state index in [1.807, 2.05) is 26.8 Å². The zero-order valence-electron chi connectivity index (χ0n) is 11.3. The third-order valence-corrected chi connectivity index (χ3v) is 3.59. The maximum Gasteiger partial charge on any atom is 0.199 e. The van der Waals surface area contributed by atoms with Gasteiger partial charge < -0.3 is 0 Å². The van der Waals surface area contributed by atoms with Crippen molar-refractivity contribution in [3.05, 3.63) is 46.1 Å². The van der Waals surface area contributed by atoms with Crippen molar-refractivity contribution in [2.24, 2.45) is 0 Å². The van der Waals surface area contributed by atoms with Gasteiger partial charge in [0.25, 0.3) is 0 Å². The number of aromatic nitrogens is 4. The quantitative estimate of drug-likeness (QED) is 0.689. The maximum atomic E-state index is 14.1. The second-order valence-electron chi connectivity index (χ2n) is 4.74. The Balaban J connectivity index is 2.38. The molecule has 3 aromatic rings. The number of benzene rings is 1. The normalized spacial score (nSPS) is 11.2. The van der Waals surface area contributed by atoms with Gasteiger partial charge in [-0.25, -0.2) is 9.37 Å². The molecular weight excluding hydrogens is 279 g/mol. The highest BCUT2D eigenvalue weighted by molar-refractivity contribution is 6.32. The van der Waals surface area contributed by atoms with Gasteiger partial charge in [0.2, 0.25) is 0 Å². The van der Waals surface area contributed by atoms with Crippen molar-refractivity contribution >= 4 is 17.2 Å². The minimum Gasteiger partial charge on any atom is -0.275 e. The predicted octanol–water partition coefficient (Wildman–Crippen LogP) is 3.51. The van der Waals surface area contributed by atoms with Gasteiger partial charge in [0, 0.05) is 5.69 Å². The van der Waals surface area contributed by atoms with Crippen LogP contribution >= 0.6 is 11.6 Å². The van der Waals surface area contributed by atoms with Crippen LogP contribution in [-0.2, 0) is 0 Å². The lowest BCUT2D eigenvalue weighted by atomic mass is 10.1. The lowest BCUT2D eigenvalue weighted by molar-refractivity contribution is 0.628. The van der Waals surface area contributed by atoms with Crippen LogP contribution in [0.1, 0.15) is 17.0 Å². The number of nitrogens with zero attached hydrogens (tertiary/aromatic N) is 4. The highest BCUT2D eigenvalue weighted by Gasteiger charge is 2.17. The summed E-state index contributed by atoms with van der Waals surface area (Å²) in [6.45, 7) is 5.56. The summed E-state index contributed by atoms with van der Waals surface area (Å²) in [5.41, 5.74) is 3.28. The van der Waals surface area contributed by atoms with Crippen LogP contribution in [0.25, 0.3) is 17.0 Å². The van der Waals surface area contributed by atoms with E-state index in [0.717, 1.165) is 17.0 Å². The molecule has 102 valence electrons. The number of aryl methyl sites for hydroxylation is 3. The molecule has 0 aliphatic heterocycles. The van der Waals surface area contributed by atoms with E-state index in [9.17, 15) is 4.39 Å².